The maximum atomic E-state index is 13.1. The van der Waals surface area contributed by atoms with E-state index in [0.29, 0.717) is 20.9 Å². The molecule has 0 unspecified atom stereocenters. The minimum absolute atomic E-state index is 0.296. The van der Waals surface area contributed by atoms with Gasteiger partial charge in [-0.3, -0.25) is 4.98 Å². The molecule has 2 rings (SSSR count). The minimum Gasteiger partial charge on any atom is -0.253 e. The lowest BCUT2D eigenvalue weighted by molar-refractivity contribution is 0.629. The molecule has 0 saturated heterocycles. The monoisotopic (exact) mass is 243 g/mol. The van der Waals surface area contributed by atoms with Crippen LogP contribution in [0.2, 0.25) is 10.0 Å². The van der Waals surface area contributed by atoms with Crippen molar-refractivity contribution in [3.63, 3.8) is 0 Å². The van der Waals surface area contributed by atoms with Gasteiger partial charge in [0.2, 0.25) is 0 Å². The van der Waals surface area contributed by atoms with Crippen LogP contribution in [0.15, 0.2) is 18.2 Å². The first-order chi connectivity index (χ1) is 7.11. The predicted octanol–water partition coefficient (Wildman–Crippen LogP) is 4.24. The molecule has 0 N–H and O–H groups in total. The molecule has 78 valence electrons. The smallest absolute Gasteiger partial charge is 0.126 e. The fourth-order valence-corrected chi connectivity index (χ4v) is 2.15. The zero-order valence-corrected chi connectivity index (χ0v) is 9.53. The quantitative estimate of drug-likeness (QED) is 0.730. The Balaban J connectivity index is 2.85. The lowest BCUT2D eigenvalue weighted by atomic mass is 10.2. The van der Waals surface area contributed by atoms with E-state index in [-0.39, 0.29) is 0 Å². The number of aromatic nitrogens is 1. The van der Waals surface area contributed by atoms with Gasteiger partial charge in [0.1, 0.15) is 5.82 Å². The number of benzene rings is 1. The summed E-state index contributed by atoms with van der Waals surface area (Å²) < 4.78 is 13.1. The Morgan fingerprint density at radius 3 is 2.53 bits per heavy atom. The summed E-state index contributed by atoms with van der Waals surface area (Å²) in [5.41, 5.74) is 1.33. The van der Waals surface area contributed by atoms with Crippen molar-refractivity contribution in [1.29, 1.82) is 0 Å². The Morgan fingerprint density at radius 2 is 1.87 bits per heavy atom. The van der Waals surface area contributed by atoms with Crippen molar-refractivity contribution < 1.29 is 4.39 Å². The molecular weight excluding hydrogens is 236 g/mol. The largest absolute Gasteiger partial charge is 0.253 e. The second kappa shape index (κ2) is 3.95. The van der Waals surface area contributed by atoms with Gasteiger partial charge in [0.25, 0.3) is 0 Å². The fraction of sp³-hybridized carbons (Fsp3) is 0.182. The molecule has 0 aliphatic heterocycles. The summed E-state index contributed by atoms with van der Waals surface area (Å²) in [6.45, 7) is 1.96. The maximum absolute atomic E-state index is 13.1. The Bertz CT molecular complexity index is 525. The first-order valence-electron chi connectivity index (χ1n) is 4.56. The van der Waals surface area contributed by atoms with E-state index in [1.807, 2.05) is 6.92 Å². The highest BCUT2D eigenvalue weighted by Gasteiger charge is 2.08. The average molecular weight is 244 g/mol. The Kier molecular flexibility index (Phi) is 2.81. The van der Waals surface area contributed by atoms with Crippen LogP contribution in [0, 0.1) is 5.82 Å². The normalized spacial score (nSPS) is 10.9. The molecule has 0 amide bonds. The molecule has 0 aliphatic carbocycles. The maximum Gasteiger partial charge on any atom is 0.126 e. The molecule has 0 saturated carbocycles. The van der Waals surface area contributed by atoms with Gasteiger partial charge >= 0.3 is 0 Å². The molecule has 0 spiro atoms. The summed E-state index contributed by atoms with van der Waals surface area (Å²) in [4.78, 5) is 4.27. The van der Waals surface area contributed by atoms with Crippen LogP contribution in [0.3, 0.4) is 0 Å². The van der Waals surface area contributed by atoms with Gasteiger partial charge in [-0.2, -0.15) is 0 Å². The standard InChI is InChI=1S/C11H8Cl2FN/c1-2-7-5-9(13)11-8(12)3-6(14)4-10(11)15-7/h3-5H,2H2,1H3. The highest BCUT2D eigenvalue weighted by Crippen LogP contribution is 2.30. The molecule has 0 fully saturated rings. The van der Waals surface area contributed by atoms with Crippen molar-refractivity contribution in [1.82, 2.24) is 4.98 Å². The van der Waals surface area contributed by atoms with Crippen LogP contribution in [-0.4, -0.2) is 4.98 Å². The van der Waals surface area contributed by atoms with Crippen LogP contribution in [-0.2, 0) is 6.42 Å². The van der Waals surface area contributed by atoms with Crippen molar-refractivity contribution in [2.75, 3.05) is 0 Å². The number of pyridine rings is 1. The molecular formula is C11H8Cl2FN. The number of nitrogens with zero attached hydrogens (tertiary/aromatic N) is 1. The summed E-state index contributed by atoms with van der Waals surface area (Å²) in [7, 11) is 0. The molecule has 1 aromatic carbocycles. The number of halogens is 3. The van der Waals surface area contributed by atoms with Crippen molar-refractivity contribution in [2.24, 2.45) is 0 Å². The molecule has 1 heterocycles. The van der Waals surface area contributed by atoms with E-state index in [2.05, 4.69) is 4.98 Å². The molecule has 4 heteroatoms. The number of fused-ring (bicyclic) bond motifs is 1. The second-order valence-corrected chi connectivity index (χ2v) is 4.05. The Labute approximate surface area is 96.8 Å². The predicted molar refractivity (Wildman–Crippen MR) is 61.1 cm³/mol. The average Bonchev–Trinajstić information content (AvgIpc) is 2.15. The molecule has 1 nitrogen and oxygen atoms in total. The highest BCUT2D eigenvalue weighted by atomic mass is 35.5. The summed E-state index contributed by atoms with van der Waals surface area (Å²) in [5.74, 6) is -0.399. The fourth-order valence-electron chi connectivity index (χ4n) is 1.47. The van der Waals surface area contributed by atoms with Crippen LogP contribution in [0.25, 0.3) is 10.9 Å². The number of rotatable bonds is 1. The van der Waals surface area contributed by atoms with E-state index in [1.165, 1.54) is 12.1 Å². The van der Waals surface area contributed by atoms with Gasteiger partial charge in [0.15, 0.2) is 0 Å². The van der Waals surface area contributed by atoms with E-state index >= 15 is 0 Å². The van der Waals surface area contributed by atoms with E-state index in [9.17, 15) is 4.39 Å². The van der Waals surface area contributed by atoms with Crippen molar-refractivity contribution in [3.8, 4) is 0 Å². The lowest BCUT2D eigenvalue weighted by Crippen LogP contribution is -1.90. The molecule has 15 heavy (non-hydrogen) atoms. The van der Waals surface area contributed by atoms with Gasteiger partial charge in [-0.05, 0) is 18.6 Å². The van der Waals surface area contributed by atoms with Crippen LogP contribution in [0.4, 0.5) is 4.39 Å². The molecule has 0 radical (unpaired) electrons. The molecule has 0 aliphatic rings. The molecule has 1 aromatic heterocycles. The van der Waals surface area contributed by atoms with Gasteiger partial charge in [-0.15, -0.1) is 0 Å². The van der Waals surface area contributed by atoms with E-state index < -0.39 is 5.82 Å². The summed E-state index contributed by atoms with van der Waals surface area (Å²) in [6, 6.07) is 4.34. The van der Waals surface area contributed by atoms with Crippen LogP contribution < -0.4 is 0 Å². The van der Waals surface area contributed by atoms with Crippen molar-refractivity contribution in [2.45, 2.75) is 13.3 Å². The van der Waals surface area contributed by atoms with Crippen LogP contribution in [0.1, 0.15) is 12.6 Å². The van der Waals surface area contributed by atoms with Crippen molar-refractivity contribution >= 4 is 34.1 Å². The zero-order valence-electron chi connectivity index (χ0n) is 8.02. The van der Waals surface area contributed by atoms with Gasteiger partial charge in [0, 0.05) is 17.1 Å². The van der Waals surface area contributed by atoms with Gasteiger partial charge in [0.05, 0.1) is 15.6 Å². The molecule has 2 aromatic rings. The summed E-state index contributed by atoms with van der Waals surface area (Å²) in [5, 5.41) is 1.42. The van der Waals surface area contributed by atoms with Gasteiger partial charge < -0.3 is 0 Å². The van der Waals surface area contributed by atoms with E-state index in [1.54, 1.807) is 6.07 Å². The second-order valence-electron chi connectivity index (χ2n) is 3.23. The number of aryl methyl sites for hydroxylation is 1. The highest BCUT2D eigenvalue weighted by molar-refractivity contribution is 6.42. The summed E-state index contributed by atoms with van der Waals surface area (Å²) in [6.07, 6.45) is 0.754. The van der Waals surface area contributed by atoms with E-state index in [0.717, 1.165) is 12.1 Å². The third-order valence-corrected chi connectivity index (χ3v) is 2.79. The Morgan fingerprint density at radius 1 is 1.20 bits per heavy atom. The van der Waals surface area contributed by atoms with Gasteiger partial charge in [-0.1, -0.05) is 30.1 Å². The minimum atomic E-state index is -0.399. The topological polar surface area (TPSA) is 12.9 Å². The van der Waals surface area contributed by atoms with Crippen molar-refractivity contribution in [3.05, 3.63) is 39.8 Å². The number of hydrogen-bond acceptors (Lipinski definition) is 1. The van der Waals surface area contributed by atoms with Gasteiger partial charge in [-0.25, -0.2) is 4.39 Å². The first-order valence-corrected chi connectivity index (χ1v) is 5.31. The SMILES string of the molecule is CCc1cc(Cl)c2c(Cl)cc(F)cc2n1. The third-order valence-electron chi connectivity index (χ3n) is 2.19. The lowest BCUT2D eigenvalue weighted by Gasteiger charge is -2.05. The third kappa shape index (κ3) is 1.92. The first kappa shape index (κ1) is 10.7. The van der Waals surface area contributed by atoms with Crippen LogP contribution in [0.5, 0.6) is 0 Å². The molecule has 0 bridgehead atoms. The zero-order chi connectivity index (χ0) is 11.0. The van der Waals surface area contributed by atoms with Crippen LogP contribution >= 0.6 is 23.2 Å². The van der Waals surface area contributed by atoms with E-state index in [4.69, 9.17) is 23.2 Å². The Hall–Kier alpha value is -0.860. The molecule has 0 atom stereocenters. The number of hydrogen-bond donors (Lipinski definition) is 0. The summed E-state index contributed by atoms with van der Waals surface area (Å²) >= 11 is 12.0.